The highest BCUT2D eigenvalue weighted by molar-refractivity contribution is 5.51. The van der Waals surface area contributed by atoms with Gasteiger partial charge in [0.25, 0.3) is 0 Å². The quantitative estimate of drug-likeness (QED) is 0.840. The van der Waals surface area contributed by atoms with E-state index in [0.717, 1.165) is 11.1 Å². The zero-order valence-electron chi connectivity index (χ0n) is 10.5. The summed E-state index contributed by atoms with van der Waals surface area (Å²) in [7, 11) is 1.60. The van der Waals surface area contributed by atoms with Crippen molar-refractivity contribution in [1.29, 1.82) is 0 Å². The maximum atomic E-state index is 5.73. The number of nitrogen functional groups attached to an aromatic ring is 1. The van der Waals surface area contributed by atoms with Crippen LogP contribution in [0.15, 0.2) is 36.7 Å². The minimum Gasteiger partial charge on any atom is -0.493 e. The maximum absolute atomic E-state index is 5.73. The summed E-state index contributed by atoms with van der Waals surface area (Å²) in [5.74, 6) is 1.31. The Hall–Kier alpha value is -2.23. The fourth-order valence-electron chi connectivity index (χ4n) is 1.66. The summed E-state index contributed by atoms with van der Waals surface area (Å²) in [6.45, 7) is 2.44. The van der Waals surface area contributed by atoms with Crippen LogP contribution in [0.5, 0.6) is 11.5 Å². The maximum Gasteiger partial charge on any atom is 0.163 e. The van der Waals surface area contributed by atoms with Crippen molar-refractivity contribution in [3.05, 3.63) is 47.8 Å². The number of rotatable bonds is 4. The van der Waals surface area contributed by atoms with Crippen LogP contribution in [0.2, 0.25) is 0 Å². The Bertz CT molecular complexity index is 541. The lowest BCUT2D eigenvalue weighted by atomic mass is 10.2. The Kier molecular flexibility index (Phi) is 3.67. The smallest absolute Gasteiger partial charge is 0.163 e. The largest absolute Gasteiger partial charge is 0.493 e. The normalized spacial score (nSPS) is 10.1. The standard InChI is InChI=1S/C14H16N2O2/c1-10-5-11(8-16-7-10)9-18-14-6-12(15)3-4-13(14)17-2/h3-8H,9,15H2,1-2H3. The van der Waals surface area contributed by atoms with Crippen LogP contribution in [0.25, 0.3) is 0 Å². The van der Waals surface area contributed by atoms with Gasteiger partial charge in [-0.2, -0.15) is 0 Å². The molecule has 2 N–H and O–H groups in total. The van der Waals surface area contributed by atoms with E-state index >= 15 is 0 Å². The third-order valence-corrected chi connectivity index (χ3v) is 2.51. The number of benzene rings is 1. The molecule has 1 aromatic carbocycles. The fraction of sp³-hybridized carbons (Fsp3) is 0.214. The van der Waals surface area contributed by atoms with Crippen LogP contribution in [-0.2, 0) is 6.61 Å². The van der Waals surface area contributed by atoms with Gasteiger partial charge in [0.2, 0.25) is 0 Å². The molecule has 1 heterocycles. The van der Waals surface area contributed by atoms with Crippen molar-refractivity contribution in [3.63, 3.8) is 0 Å². The van der Waals surface area contributed by atoms with Gasteiger partial charge in [0.05, 0.1) is 7.11 Å². The second-order valence-corrected chi connectivity index (χ2v) is 4.07. The van der Waals surface area contributed by atoms with Crippen LogP contribution in [0, 0.1) is 6.92 Å². The van der Waals surface area contributed by atoms with E-state index in [0.29, 0.717) is 23.8 Å². The van der Waals surface area contributed by atoms with Crippen LogP contribution < -0.4 is 15.2 Å². The van der Waals surface area contributed by atoms with E-state index < -0.39 is 0 Å². The summed E-state index contributed by atoms with van der Waals surface area (Å²) in [5.41, 5.74) is 8.49. The Balaban J connectivity index is 2.12. The first-order valence-corrected chi connectivity index (χ1v) is 5.66. The molecule has 0 bridgehead atoms. The highest BCUT2D eigenvalue weighted by atomic mass is 16.5. The van der Waals surface area contributed by atoms with Crippen molar-refractivity contribution in [2.45, 2.75) is 13.5 Å². The molecule has 0 atom stereocenters. The average molecular weight is 244 g/mol. The zero-order valence-corrected chi connectivity index (χ0v) is 10.5. The van der Waals surface area contributed by atoms with Crippen molar-refractivity contribution in [3.8, 4) is 11.5 Å². The third-order valence-electron chi connectivity index (χ3n) is 2.51. The summed E-state index contributed by atoms with van der Waals surface area (Å²) in [4.78, 5) is 4.12. The molecule has 0 amide bonds. The summed E-state index contributed by atoms with van der Waals surface area (Å²) in [6, 6.07) is 7.35. The molecule has 0 saturated carbocycles. The predicted octanol–water partition coefficient (Wildman–Crippen LogP) is 2.56. The molecule has 4 nitrogen and oxygen atoms in total. The average Bonchev–Trinajstić information content (AvgIpc) is 2.37. The molecular formula is C14H16N2O2. The highest BCUT2D eigenvalue weighted by Crippen LogP contribution is 2.29. The van der Waals surface area contributed by atoms with Gasteiger partial charge < -0.3 is 15.2 Å². The zero-order chi connectivity index (χ0) is 13.0. The lowest BCUT2D eigenvalue weighted by molar-refractivity contribution is 0.284. The molecule has 94 valence electrons. The summed E-state index contributed by atoms with van der Waals surface area (Å²) in [6.07, 6.45) is 3.59. The van der Waals surface area contributed by atoms with E-state index in [1.54, 1.807) is 31.5 Å². The van der Waals surface area contributed by atoms with Crippen molar-refractivity contribution >= 4 is 5.69 Å². The number of hydrogen-bond donors (Lipinski definition) is 1. The fourth-order valence-corrected chi connectivity index (χ4v) is 1.66. The number of pyridine rings is 1. The molecule has 0 radical (unpaired) electrons. The Labute approximate surface area is 106 Å². The van der Waals surface area contributed by atoms with E-state index in [-0.39, 0.29) is 0 Å². The van der Waals surface area contributed by atoms with Crippen molar-refractivity contribution in [1.82, 2.24) is 4.98 Å². The van der Waals surface area contributed by atoms with Gasteiger partial charge in [-0.3, -0.25) is 4.98 Å². The molecular weight excluding hydrogens is 228 g/mol. The Morgan fingerprint density at radius 2 is 2.00 bits per heavy atom. The molecule has 0 aliphatic heterocycles. The lowest BCUT2D eigenvalue weighted by Gasteiger charge is -2.11. The van der Waals surface area contributed by atoms with Crippen LogP contribution in [0.1, 0.15) is 11.1 Å². The Morgan fingerprint density at radius 1 is 1.17 bits per heavy atom. The summed E-state index contributed by atoms with van der Waals surface area (Å²) >= 11 is 0. The molecule has 0 spiro atoms. The summed E-state index contributed by atoms with van der Waals surface area (Å²) < 4.78 is 10.9. The van der Waals surface area contributed by atoms with Gasteiger partial charge in [-0.25, -0.2) is 0 Å². The van der Waals surface area contributed by atoms with E-state index in [2.05, 4.69) is 4.98 Å². The second-order valence-electron chi connectivity index (χ2n) is 4.07. The van der Waals surface area contributed by atoms with Gasteiger partial charge in [-0.15, -0.1) is 0 Å². The number of aryl methyl sites for hydroxylation is 1. The molecule has 0 aliphatic carbocycles. The van der Waals surface area contributed by atoms with Crippen molar-refractivity contribution < 1.29 is 9.47 Å². The number of nitrogens with two attached hydrogens (primary N) is 1. The SMILES string of the molecule is COc1ccc(N)cc1OCc1cncc(C)c1. The van der Waals surface area contributed by atoms with Crippen LogP contribution >= 0.6 is 0 Å². The van der Waals surface area contributed by atoms with Gasteiger partial charge in [-0.1, -0.05) is 0 Å². The van der Waals surface area contributed by atoms with E-state index in [1.807, 2.05) is 19.2 Å². The second kappa shape index (κ2) is 5.40. The molecule has 1 aromatic heterocycles. The first-order chi connectivity index (χ1) is 8.69. The van der Waals surface area contributed by atoms with Crippen LogP contribution in [0.3, 0.4) is 0 Å². The molecule has 0 saturated heterocycles. The monoisotopic (exact) mass is 244 g/mol. The molecule has 4 heteroatoms. The number of ether oxygens (including phenoxy) is 2. The number of aromatic nitrogens is 1. The van der Waals surface area contributed by atoms with Gasteiger partial charge in [-0.05, 0) is 30.7 Å². The lowest BCUT2D eigenvalue weighted by Crippen LogP contribution is -1.99. The minimum atomic E-state index is 0.439. The number of nitrogens with zero attached hydrogens (tertiary/aromatic N) is 1. The highest BCUT2D eigenvalue weighted by Gasteiger charge is 2.05. The number of hydrogen-bond acceptors (Lipinski definition) is 4. The van der Waals surface area contributed by atoms with Crippen LogP contribution in [-0.4, -0.2) is 12.1 Å². The van der Waals surface area contributed by atoms with Crippen molar-refractivity contribution in [2.75, 3.05) is 12.8 Å². The number of methoxy groups -OCH3 is 1. The molecule has 18 heavy (non-hydrogen) atoms. The molecule has 0 unspecified atom stereocenters. The van der Waals surface area contributed by atoms with E-state index in [1.165, 1.54) is 0 Å². The van der Waals surface area contributed by atoms with E-state index in [9.17, 15) is 0 Å². The molecule has 0 aliphatic rings. The first-order valence-electron chi connectivity index (χ1n) is 5.66. The predicted molar refractivity (Wildman–Crippen MR) is 70.7 cm³/mol. The minimum absolute atomic E-state index is 0.439. The van der Waals surface area contributed by atoms with Gasteiger partial charge in [0.1, 0.15) is 6.61 Å². The van der Waals surface area contributed by atoms with Crippen molar-refractivity contribution in [2.24, 2.45) is 0 Å². The first kappa shape index (κ1) is 12.2. The Morgan fingerprint density at radius 3 is 2.72 bits per heavy atom. The third kappa shape index (κ3) is 2.91. The molecule has 0 fully saturated rings. The topological polar surface area (TPSA) is 57.4 Å². The number of anilines is 1. The van der Waals surface area contributed by atoms with E-state index in [4.69, 9.17) is 15.2 Å². The van der Waals surface area contributed by atoms with Gasteiger partial charge >= 0.3 is 0 Å². The molecule has 2 aromatic rings. The van der Waals surface area contributed by atoms with Gasteiger partial charge in [0, 0.05) is 29.7 Å². The van der Waals surface area contributed by atoms with Gasteiger partial charge in [0.15, 0.2) is 11.5 Å². The summed E-state index contributed by atoms with van der Waals surface area (Å²) in [5, 5.41) is 0. The molecule has 2 rings (SSSR count). The van der Waals surface area contributed by atoms with Crippen LogP contribution in [0.4, 0.5) is 5.69 Å².